The van der Waals surface area contributed by atoms with Gasteiger partial charge in [0.1, 0.15) is 5.60 Å². The van der Waals surface area contributed by atoms with Crippen molar-refractivity contribution < 1.29 is 9.90 Å². The van der Waals surface area contributed by atoms with Gasteiger partial charge >= 0.3 is 0 Å². The van der Waals surface area contributed by atoms with E-state index < -0.39 is 5.60 Å². The molecule has 1 aliphatic rings. The average Bonchev–Trinajstić information content (AvgIpc) is 2.09. The molecule has 1 aliphatic carbocycles. The molecule has 4 atom stereocenters. The summed E-state index contributed by atoms with van der Waals surface area (Å²) < 4.78 is 0. The molecule has 0 heterocycles. The molecule has 0 spiro atoms. The van der Waals surface area contributed by atoms with Crippen LogP contribution in [0.3, 0.4) is 0 Å². The second kappa shape index (κ2) is 3.79. The first kappa shape index (κ1) is 10.7. The molecule has 0 bridgehead atoms. The third-order valence-electron chi connectivity index (χ3n) is 3.66. The third kappa shape index (κ3) is 2.31. The van der Waals surface area contributed by atoms with Crippen molar-refractivity contribution in [1.29, 1.82) is 0 Å². The minimum Gasteiger partial charge on any atom is -0.382 e. The summed E-state index contributed by atoms with van der Waals surface area (Å²) in [6.45, 7) is 6.08. The van der Waals surface area contributed by atoms with Gasteiger partial charge in [-0.25, -0.2) is 0 Å². The molecule has 1 saturated carbocycles. The van der Waals surface area contributed by atoms with Gasteiger partial charge in [0.05, 0.1) is 0 Å². The molecule has 0 aromatic rings. The molecule has 0 aromatic carbocycles. The summed E-state index contributed by atoms with van der Waals surface area (Å²) in [6, 6.07) is 0. The molecule has 4 unspecified atom stereocenters. The molecule has 13 heavy (non-hydrogen) atoms. The Labute approximate surface area is 80.3 Å². The highest BCUT2D eigenvalue weighted by Gasteiger charge is 2.36. The van der Waals surface area contributed by atoms with Crippen LogP contribution < -0.4 is 0 Å². The second-order valence-electron chi connectivity index (χ2n) is 4.81. The standard InChI is InChI=1S/C11H20O2/c1-8-4-5-10(6-9(8)2)11(3,13)7-12/h7-10,13H,4-6H2,1-3H3. The summed E-state index contributed by atoms with van der Waals surface area (Å²) in [5.41, 5.74) is -1.10. The molecule has 0 aromatic heterocycles. The summed E-state index contributed by atoms with van der Waals surface area (Å²) in [7, 11) is 0. The van der Waals surface area contributed by atoms with Crippen molar-refractivity contribution in [2.24, 2.45) is 17.8 Å². The van der Waals surface area contributed by atoms with Gasteiger partial charge in [0.15, 0.2) is 6.29 Å². The van der Waals surface area contributed by atoms with Crippen LogP contribution >= 0.6 is 0 Å². The number of aliphatic hydroxyl groups is 1. The molecule has 76 valence electrons. The Morgan fingerprint density at radius 1 is 1.31 bits per heavy atom. The number of rotatable bonds is 2. The predicted molar refractivity (Wildman–Crippen MR) is 52.4 cm³/mol. The Balaban J connectivity index is 2.60. The highest BCUT2D eigenvalue weighted by molar-refractivity contribution is 5.61. The SMILES string of the molecule is CC1CCC(C(C)(O)C=O)CC1C. The van der Waals surface area contributed by atoms with Crippen LogP contribution in [-0.2, 0) is 4.79 Å². The lowest BCUT2D eigenvalue weighted by molar-refractivity contribution is -0.130. The van der Waals surface area contributed by atoms with E-state index in [4.69, 9.17) is 0 Å². The smallest absolute Gasteiger partial charge is 0.151 e. The minimum absolute atomic E-state index is 0.163. The second-order valence-corrected chi connectivity index (χ2v) is 4.81. The molecule has 1 rings (SSSR count). The number of hydrogen-bond acceptors (Lipinski definition) is 2. The van der Waals surface area contributed by atoms with Gasteiger partial charge in [-0.2, -0.15) is 0 Å². The number of carbonyl (C=O) groups is 1. The van der Waals surface area contributed by atoms with Crippen LogP contribution in [0.2, 0.25) is 0 Å². The van der Waals surface area contributed by atoms with Gasteiger partial charge in [0, 0.05) is 0 Å². The monoisotopic (exact) mass is 184 g/mol. The first-order valence-corrected chi connectivity index (χ1v) is 5.16. The van der Waals surface area contributed by atoms with Crippen LogP contribution in [-0.4, -0.2) is 17.0 Å². The van der Waals surface area contributed by atoms with E-state index in [9.17, 15) is 9.90 Å². The summed E-state index contributed by atoms with van der Waals surface area (Å²) in [5, 5.41) is 9.78. The Bertz CT molecular complexity index is 187. The van der Waals surface area contributed by atoms with Crippen molar-refractivity contribution in [2.45, 2.75) is 45.6 Å². The van der Waals surface area contributed by atoms with E-state index in [1.807, 2.05) is 0 Å². The predicted octanol–water partition coefficient (Wildman–Crippen LogP) is 2.01. The fourth-order valence-electron chi connectivity index (χ4n) is 2.17. The lowest BCUT2D eigenvalue weighted by atomic mass is 9.70. The van der Waals surface area contributed by atoms with Crippen LogP contribution in [0, 0.1) is 17.8 Å². The molecular formula is C11H20O2. The zero-order valence-electron chi connectivity index (χ0n) is 8.79. The maximum atomic E-state index is 10.7. The van der Waals surface area contributed by atoms with Gasteiger partial charge in [-0.05, 0) is 37.5 Å². The first-order valence-electron chi connectivity index (χ1n) is 5.16. The van der Waals surface area contributed by atoms with Crippen molar-refractivity contribution in [2.75, 3.05) is 0 Å². The van der Waals surface area contributed by atoms with Crippen molar-refractivity contribution in [3.8, 4) is 0 Å². The summed E-state index contributed by atoms with van der Waals surface area (Å²) in [5.74, 6) is 1.53. The Morgan fingerprint density at radius 2 is 1.92 bits per heavy atom. The fourth-order valence-corrected chi connectivity index (χ4v) is 2.17. The molecule has 1 N–H and O–H groups in total. The Morgan fingerprint density at radius 3 is 2.38 bits per heavy atom. The van der Waals surface area contributed by atoms with Crippen LogP contribution in [0.4, 0.5) is 0 Å². The molecular weight excluding hydrogens is 164 g/mol. The summed E-state index contributed by atoms with van der Waals surface area (Å²) in [4.78, 5) is 10.7. The molecule has 0 aliphatic heterocycles. The zero-order chi connectivity index (χ0) is 10.1. The van der Waals surface area contributed by atoms with Gasteiger partial charge in [0.2, 0.25) is 0 Å². The van der Waals surface area contributed by atoms with E-state index >= 15 is 0 Å². The first-order chi connectivity index (χ1) is 5.97. The lowest BCUT2D eigenvalue weighted by Gasteiger charge is -2.37. The molecule has 0 radical (unpaired) electrons. The molecule has 2 heteroatoms. The maximum absolute atomic E-state index is 10.7. The van der Waals surface area contributed by atoms with Crippen molar-refractivity contribution in [3.63, 3.8) is 0 Å². The van der Waals surface area contributed by atoms with Crippen molar-refractivity contribution in [3.05, 3.63) is 0 Å². The molecule has 0 saturated heterocycles. The highest BCUT2D eigenvalue weighted by atomic mass is 16.3. The number of aldehydes is 1. The van der Waals surface area contributed by atoms with E-state index in [0.29, 0.717) is 12.2 Å². The van der Waals surface area contributed by atoms with E-state index in [1.54, 1.807) is 6.92 Å². The van der Waals surface area contributed by atoms with Crippen LogP contribution in [0.1, 0.15) is 40.0 Å². The molecule has 1 fully saturated rings. The average molecular weight is 184 g/mol. The molecule has 0 amide bonds. The minimum atomic E-state index is -1.10. The summed E-state index contributed by atoms with van der Waals surface area (Å²) in [6.07, 6.45) is 3.79. The van der Waals surface area contributed by atoms with Crippen LogP contribution in [0.25, 0.3) is 0 Å². The third-order valence-corrected chi connectivity index (χ3v) is 3.66. The number of hydrogen-bond donors (Lipinski definition) is 1. The van der Waals surface area contributed by atoms with Gasteiger partial charge in [-0.3, -0.25) is 0 Å². The van der Waals surface area contributed by atoms with Gasteiger partial charge in [-0.1, -0.05) is 20.3 Å². The van der Waals surface area contributed by atoms with Crippen LogP contribution in [0.5, 0.6) is 0 Å². The van der Waals surface area contributed by atoms with Crippen LogP contribution in [0.15, 0.2) is 0 Å². The van der Waals surface area contributed by atoms with E-state index in [-0.39, 0.29) is 5.92 Å². The van der Waals surface area contributed by atoms with Gasteiger partial charge in [0.25, 0.3) is 0 Å². The van der Waals surface area contributed by atoms with Crippen molar-refractivity contribution >= 4 is 6.29 Å². The fraction of sp³-hybridized carbons (Fsp3) is 0.909. The largest absolute Gasteiger partial charge is 0.382 e. The molecule has 2 nitrogen and oxygen atoms in total. The van der Waals surface area contributed by atoms with Gasteiger partial charge < -0.3 is 9.90 Å². The quantitative estimate of drug-likeness (QED) is 0.666. The normalized spacial score (nSPS) is 39.5. The van der Waals surface area contributed by atoms with E-state index in [0.717, 1.165) is 25.2 Å². The lowest BCUT2D eigenvalue weighted by Crippen LogP contribution is -2.40. The van der Waals surface area contributed by atoms with E-state index in [2.05, 4.69) is 13.8 Å². The highest BCUT2D eigenvalue weighted by Crippen LogP contribution is 2.37. The van der Waals surface area contributed by atoms with Crippen molar-refractivity contribution in [1.82, 2.24) is 0 Å². The number of carbonyl (C=O) groups excluding carboxylic acids is 1. The summed E-state index contributed by atoms with van der Waals surface area (Å²) >= 11 is 0. The van der Waals surface area contributed by atoms with Gasteiger partial charge in [-0.15, -0.1) is 0 Å². The zero-order valence-corrected chi connectivity index (χ0v) is 8.79. The Hall–Kier alpha value is -0.370. The van der Waals surface area contributed by atoms with E-state index in [1.165, 1.54) is 0 Å². The Kier molecular flexibility index (Phi) is 3.12. The maximum Gasteiger partial charge on any atom is 0.151 e. The topological polar surface area (TPSA) is 37.3 Å².